The summed E-state index contributed by atoms with van der Waals surface area (Å²) in [5, 5.41) is 22.5. The lowest BCUT2D eigenvalue weighted by Gasteiger charge is -2.72. The summed E-state index contributed by atoms with van der Waals surface area (Å²) in [4.78, 5) is 15.1. The lowest BCUT2D eigenvalue weighted by molar-refractivity contribution is -0.208. The van der Waals surface area contributed by atoms with Crippen LogP contribution in [0, 0.1) is 56.7 Å². The summed E-state index contributed by atoms with van der Waals surface area (Å²) in [5.74, 6) is 2.82. The van der Waals surface area contributed by atoms with Crippen LogP contribution in [0.25, 0.3) is 0 Å². The molecule has 8 rings (SSSR count). The molecule has 0 amide bonds. The Morgan fingerprint density at radius 2 is 1.79 bits per heavy atom. The number of aliphatic carboxylic acids is 1. The molecule has 0 spiro atoms. The fourth-order valence-electron chi connectivity index (χ4n) is 15.3. The zero-order chi connectivity index (χ0) is 41.4. The Labute approximate surface area is 348 Å². The molecule has 0 bridgehead atoms. The van der Waals surface area contributed by atoms with Crippen LogP contribution in [0.3, 0.4) is 0 Å². The van der Waals surface area contributed by atoms with E-state index >= 15 is 0 Å². The molecule has 9 nitrogen and oxygen atoms in total. The van der Waals surface area contributed by atoms with Crippen molar-refractivity contribution in [3.8, 4) is 5.88 Å². The van der Waals surface area contributed by atoms with Crippen LogP contribution in [0.5, 0.6) is 5.88 Å². The first-order chi connectivity index (χ1) is 27.5. The van der Waals surface area contributed by atoms with Gasteiger partial charge in [0.15, 0.2) is 9.84 Å². The summed E-state index contributed by atoms with van der Waals surface area (Å²) in [6.07, 6.45) is 21.2. The molecule has 58 heavy (non-hydrogen) atoms. The van der Waals surface area contributed by atoms with Crippen molar-refractivity contribution in [2.75, 3.05) is 44.3 Å². The van der Waals surface area contributed by atoms with E-state index in [4.69, 9.17) is 11.3 Å². The minimum atomic E-state index is -2.89. The summed E-state index contributed by atoms with van der Waals surface area (Å²) in [5.41, 5.74) is 3.55. The van der Waals surface area contributed by atoms with Crippen molar-refractivity contribution >= 4 is 15.8 Å². The third-order valence-corrected chi connectivity index (χ3v) is 19.9. The van der Waals surface area contributed by atoms with Gasteiger partial charge in [0.1, 0.15) is 12.0 Å². The fourth-order valence-corrected chi connectivity index (χ4v) is 16.6. The van der Waals surface area contributed by atoms with Crippen LogP contribution in [0.2, 0.25) is 0 Å². The van der Waals surface area contributed by atoms with E-state index in [-0.39, 0.29) is 45.3 Å². The van der Waals surface area contributed by atoms with Gasteiger partial charge in [-0.15, -0.1) is 11.7 Å². The van der Waals surface area contributed by atoms with Crippen LogP contribution < -0.4 is 10.1 Å². The van der Waals surface area contributed by atoms with Gasteiger partial charge in [-0.1, -0.05) is 58.1 Å². The van der Waals surface area contributed by atoms with E-state index in [1.165, 1.54) is 61.7 Å². The lowest BCUT2D eigenvalue weighted by Crippen LogP contribution is -2.68. The summed E-state index contributed by atoms with van der Waals surface area (Å²) in [6, 6.07) is 3.48. The predicted molar refractivity (Wildman–Crippen MR) is 230 cm³/mol. The number of nitrogens with zero attached hydrogens (tertiary/aromatic N) is 3. The molecule has 7 aliphatic rings. The number of carboxylic acid groups (broad SMARTS) is 1. The number of nitrogens with one attached hydrogen (secondary N) is 1. The van der Waals surface area contributed by atoms with E-state index in [2.05, 4.69) is 79.8 Å². The number of hydrogen-bond acceptors (Lipinski definition) is 8. The van der Waals surface area contributed by atoms with Crippen LogP contribution in [-0.4, -0.2) is 84.4 Å². The number of fused-ring (bicyclic) bond motifs is 7. The van der Waals surface area contributed by atoms with Crippen LogP contribution in [0.4, 0.5) is 0 Å². The van der Waals surface area contributed by atoms with Crippen molar-refractivity contribution in [1.29, 1.82) is 0 Å². The lowest BCUT2D eigenvalue weighted by atomic mass is 9.32. The van der Waals surface area contributed by atoms with Crippen molar-refractivity contribution in [1.82, 2.24) is 20.4 Å². The highest BCUT2D eigenvalue weighted by molar-refractivity contribution is 7.91. The molecule has 1 aromatic rings. The minimum absolute atomic E-state index is 0.0294. The normalized spacial score (nSPS) is 41.7. The summed E-state index contributed by atoms with van der Waals surface area (Å²) < 4.78 is 30.1. The molecule has 6 aliphatic carbocycles. The molecule has 1 saturated heterocycles. The van der Waals surface area contributed by atoms with Crippen LogP contribution >= 0.6 is 0 Å². The van der Waals surface area contributed by atoms with Gasteiger partial charge in [-0.3, -0.25) is 4.79 Å². The average Bonchev–Trinajstić information content (AvgIpc) is 3.58. The Morgan fingerprint density at radius 3 is 2.45 bits per heavy atom. The first-order valence-corrected chi connectivity index (χ1v) is 24.3. The highest BCUT2D eigenvalue weighted by Gasteiger charge is 2.71. The van der Waals surface area contributed by atoms with Crippen LogP contribution in [-0.2, 0) is 14.6 Å². The third-order valence-electron chi connectivity index (χ3n) is 18.3. The second kappa shape index (κ2) is 15.0. The molecule has 2 heterocycles. The molecule has 0 aromatic carbocycles. The highest BCUT2D eigenvalue weighted by Crippen LogP contribution is 2.77. The maximum Gasteiger partial charge on any atom is 0.313 e. The van der Waals surface area contributed by atoms with Gasteiger partial charge >= 0.3 is 5.97 Å². The maximum atomic E-state index is 12.7. The SMILES string of the molecule is C=C[C@@]12CC[C@@]3(NCCN4CCS(=O)(=O)CC4)CC[C@@H](C(=C)C)C3[C@H]1CCC1[C@@]3(C)CC=C(C4=CCC(COc5cccnn5)(C(=O)O)CC4)C(C)(C)C3CC[C@]12C. The number of sulfone groups is 1. The molecule has 0 radical (unpaired) electrons. The van der Waals surface area contributed by atoms with E-state index in [9.17, 15) is 18.3 Å². The topological polar surface area (TPSA) is 122 Å². The number of ether oxygens (including phenoxy) is 1. The number of allylic oxidation sites excluding steroid dienone is 6. The molecule has 4 unspecified atom stereocenters. The number of carbonyl (C=O) groups is 1. The van der Waals surface area contributed by atoms with E-state index in [0.717, 1.165) is 32.4 Å². The molecular formula is C48H70N4O5S. The molecule has 1 aromatic heterocycles. The van der Waals surface area contributed by atoms with Gasteiger partial charge in [0.25, 0.3) is 0 Å². The smallest absolute Gasteiger partial charge is 0.313 e. The van der Waals surface area contributed by atoms with Crippen molar-refractivity contribution in [3.05, 3.63) is 66.4 Å². The molecule has 1 aliphatic heterocycles. The Kier molecular flexibility index (Phi) is 10.8. The van der Waals surface area contributed by atoms with Crippen molar-refractivity contribution in [2.45, 2.75) is 117 Å². The predicted octanol–water partition coefficient (Wildman–Crippen LogP) is 8.47. The number of rotatable bonds is 11. The first kappa shape index (κ1) is 41.9. The molecule has 318 valence electrons. The second-order valence-electron chi connectivity index (χ2n) is 21.0. The van der Waals surface area contributed by atoms with Crippen molar-refractivity contribution in [2.24, 2.45) is 56.7 Å². The van der Waals surface area contributed by atoms with Gasteiger partial charge in [-0.2, -0.15) is 5.10 Å². The van der Waals surface area contributed by atoms with Gasteiger partial charge in [-0.05, 0) is 152 Å². The van der Waals surface area contributed by atoms with Crippen molar-refractivity contribution < 1.29 is 23.1 Å². The Hall–Kier alpha value is -2.82. The van der Waals surface area contributed by atoms with Gasteiger partial charge in [0.05, 0.1) is 11.5 Å². The summed E-state index contributed by atoms with van der Waals surface area (Å²) >= 11 is 0. The standard InChI is InChI=1S/C48H70N4O5S/c1-8-47-23-24-48(49-26-27-52-28-30-58(55,56)31-29-52)22-15-35(33(2)3)41(48)37(47)11-12-39-44(6)18-16-36(43(4,5)38(44)17-19-45(39,47)7)34-13-20-46(21-14-34,42(53)54)32-57-40-10-9-25-50-51-40/h8-10,13,16,25,35,37-39,41,49H,1-2,11-12,14-15,17-24,26-32H2,3-7H3,(H,53,54)/t35-,37+,38?,39?,41?,44-,45+,46?,47+,48-/m0/s1. The zero-order valence-electron chi connectivity index (χ0n) is 36.0. The molecule has 2 N–H and O–H groups in total. The van der Waals surface area contributed by atoms with E-state index in [1.807, 2.05) is 0 Å². The van der Waals surface area contributed by atoms with E-state index in [1.54, 1.807) is 18.3 Å². The fraction of sp³-hybridized carbons (Fsp3) is 0.729. The van der Waals surface area contributed by atoms with E-state index in [0.29, 0.717) is 61.4 Å². The monoisotopic (exact) mass is 815 g/mol. The largest absolute Gasteiger partial charge is 0.481 e. The molecule has 4 saturated carbocycles. The quantitative estimate of drug-likeness (QED) is 0.212. The van der Waals surface area contributed by atoms with Crippen LogP contribution in [0.15, 0.2) is 66.4 Å². The Balaban J connectivity index is 1.03. The Morgan fingerprint density at radius 1 is 1.02 bits per heavy atom. The molecule has 5 fully saturated rings. The zero-order valence-corrected chi connectivity index (χ0v) is 36.8. The molecular weight excluding hydrogens is 745 g/mol. The number of aromatic nitrogens is 2. The number of hydrogen-bond donors (Lipinski definition) is 2. The number of carboxylic acids is 1. The van der Waals surface area contributed by atoms with Gasteiger partial charge in [0.2, 0.25) is 5.88 Å². The summed E-state index contributed by atoms with van der Waals surface area (Å²) in [6.45, 7) is 25.1. The van der Waals surface area contributed by atoms with Crippen molar-refractivity contribution in [3.63, 3.8) is 0 Å². The second-order valence-corrected chi connectivity index (χ2v) is 23.3. The highest BCUT2D eigenvalue weighted by atomic mass is 32.2. The summed E-state index contributed by atoms with van der Waals surface area (Å²) in [7, 11) is -2.89. The van der Waals surface area contributed by atoms with Crippen LogP contribution in [0.1, 0.15) is 112 Å². The Bertz CT molecular complexity index is 1950. The first-order valence-electron chi connectivity index (χ1n) is 22.5. The molecule has 10 heteroatoms. The molecule has 10 atom stereocenters. The third kappa shape index (κ3) is 6.59. The van der Waals surface area contributed by atoms with Gasteiger partial charge in [-0.25, -0.2) is 8.42 Å². The van der Waals surface area contributed by atoms with Gasteiger partial charge in [0, 0.05) is 44.0 Å². The minimum Gasteiger partial charge on any atom is -0.481 e. The maximum absolute atomic E-state index is 12.7. The van der Waals surface area contributed by atoms with Gasteiger partial charge < -0.3 is 20.1 Å². The average molecular weight is 815 g/mol. The van der Waals surface area contributed by atoms with E-state index < -0.39 is 21.2 Å².